The summed E-state index contributed by atoms with van der Waals surface area (Å²) in [5, 5.41) is 6.23. The van der Waals surface area contributed by atoms with E-state index in [0.717, 1.165) is 44.5 Å². The van der Waals surface area contributed by atoms with Crippen molar-refractivity contribution in [1.82, 2.24) is 20.4 Å². The van der Waals surface area contributed by atoms with Crippen LogP contribution >= 0.6 is 24.2 Å². The second-order valence-corrected chi connectivity index (χ2v) is 7.82. The number of likely N-dealkylation sites (tertiary alicyclic amines) is 1. The predicted octanol–water partition coefficient (Wildman–Crippen LogP) is 0.684. The van der Waals surface area contributed by atoms with Crippen LogP contribution < -0.4 is 10.6 Å². The Morgan fingerprint density at radius 3 is 2.76 bits per heavy atom. The Morgan fingerprint density at radius 2 is 2.08 bits per heavy atom. The average molecular weight is 391 g/mol. The second kappa shape index (κ2) is 9.64. The van der Waals surface area contributed by atoms with Gasteiger partial charge in [0.25, 0.3) is 5.24 Å². The Bertz CT molecular complexity index is 502. The van der Waals surface area contributed by atoms with Crippen LogP contribution in [0.5, 0.6) is 0 Å². The first-order valence-electron chi connectivity index (χ1n) is 8.84. The molecule has 0 saturated carbocycles. The molecule has 3 amide bonds. The normalized spacial score (nSPS) is 26.5. The zero-order valence-electron chi connectivity index (χ0n) is 14.4. The van der Waals surface area contributed by atoms with E-state index >= 15 is 0 Å². The molecule has 7 nitrogen and oxygen atoms in total. The van der Waals surface area contributed by atoms with Gasteiger partial charge in [-0.2, -0.15) is 0 Å². The van der Waals surface area contributed by atoms with Crippen molar-refractivity contribution in [2.75, 3.05) is 45.0 Å². The minimum absolute atomic E-state index is 0. The van der Waals surface area contributed by atoms with E-state index in [1.165, 1.54) is 11.8 Å². The van der Waals surface area contributed by atoms with E-state index < -0.39 is 0 Å². The van der Waals surface area contributed by atoms with E-state index in [1.54, 1.807) is 4.90 Å². The summed E-state index contributed by atoms with van der Waals surface area (Å²) in [5.41, 5.74) is 0. The standard InChI is InChI=1S/C16H26N4O3S.ClH/c21-14(11-20-7-8-24-16(20)23)19-6-2-3-12(10-19)9-18-15(22)13-4-1-5-17-13;/h12-13,17H,1-11H2,(H,18,22);1H. The molecule has 0 bridgehead atoms. The van der Waals surface area contributed by atoms with Gasteiger partial charge in [0.05, 0.1) is 6.04 Å². The maximum Gasteiger partial charge on any atom is 0.282 e. The van der Waals surface area contributed by atoms with Crippen molar-refractivity contribution in [3.8, 4) is 0 Å². The van der Waals surface area contributed by atoms with Crippen molar-refractivity contribution in [3.05, 3.63) is 0 Å². The number of hydrogen-bond acceptors (Lipinski definition) is 5. The summed E-state index contributed by atoms with van der Waals surface area (Å²) in [5.74, 6) is 1.18. The zero-order chi connectivity index (χ0) is 16.9. The minimum atomic E-state index is -0.0509. The number of amides is 3. The first-order chi connectivity index (χ1) is 11.6. The van der Waals surface area contributed by atoms with Crippen molar-refractivity contribution in [2.24, 2.45) is 5.92 Å². The summed E-state index contributed by atoms with van der Waals surface area (Å²) in [6.45, 7) is 3.82. The number of rotatable bonds is 5. The number of thioether (sulfide) groups is 1. The fourth-order valence-corrected chi connectivity index (χ4v) is 4.39. The molecule has 25 heavy (non-hydrogen) atoms. The third kappa shape index (κ3) is 5.49. The van der Waals surface area contributed by atoms with E-state index in [9.17, 15) is 14.4 Å². The number of nitrogens with zero attached hydrogens (tertiary/aromatic N) is 2. The fourth-order valence-electron chi connectivity index (χ4n) is 3.57. The number of halogens is 1. The van der Waals surface area contributed by atoms with Crippen LogP contribution in [-0.4, -0.2) is 77.9 Å². The molecule has 9 heteroatoms. The number of carbonyl (C=O) groups is 3. The molecule has 0 aliphatic carbocycles. The summed E-state index contributed by atoms with van der Waals surface area (Å²) >= 11 is 1.28. The van der Waals surface area contributed by atoms with Crippen LogP contribution in [0.15, 0.2) is 0 Å². The van der Waals surface area contributed by atoms with Gasteiger partial charge in [-0.1, -0.05) is 11.8 Å². The van der Waals surface area contributed by atoms with E-state index in [1.807, 2.05) is 4.90 Å². The Balaban J connectivity index is 0.00000225. The van der Waals surface area contributed by atoms with Gasteiger partial charge in [-0.15, -0.1) is 12.4 Å². The van der Waals surface area contributed by atoms with E-state index in [2.05, 4.69) is 10.6 Å². The Morgan fingerprint density at radius 1 is 1.24 bits per heavy atom. The molecule has 3 aliphatic heterocycles. The zero-order valence-corrected chi connectivity index (χ0v) is 16.0. The lowest BCUT2D eigenvalue weighted by Crippen LogP contribution is -2.48. The first kappa shape index (κ1) is 20.3. The Labute approximate surface area is 159 Å². The molecule has 2 N–H and O–H groups in total. The van der Waals surface area contributed by atoms with Crippen LogP contribution in [0.4, 0.5) is 4.79 Å². The van der Waals surface area contributed by atoms with Gasteiger partial charge in [0.1, 0.15) is 6.54 Å². The van der Waals surface area contributed by atoms with Crippen molar-refractivity contribution in [1.29, 1.82) is 0 Å². The molecule has 3 fully saturated rings. The predicted molar refractivity (Wildman–Crippen MR) is 100 cm³/mol. The van der Waals surface area contributed by atoms with Crippen LogP contribution in [0.25, 0.3) is 0 Å². The number of piperidine rings is 1. The van der Waals surface area contributed by atoms with Crippen molar-refractivity contribution in [2.45, 2.75) is 31.7 Å². The summed E-state index contributed by atoms with van der Waals surface area (Å²) in [6, 6.07) is -0.0509. The average Bonchev–Trinajstić information content (AvgIpc) is 3.25. The van der Waals surface area contributed by atoms with Crippen LogP contribution in [0.1, 0.15) is 25.7 Å². The molecule has 0 aromatic heterocycles. The summed E-state index contributed by atoms with van der Waals surface area (Å²) < 4.78 is 0. The Hall–Kier alpha value is -0.990. The van der Waals surface area contributed by atoms with Crippen LogP contribution in [0, 0.1) is 5.92 Å². The van der Waals surface area contributed by atoms with Crippen molar-refractivity contribution >= 4 is 41.2 Å². The van der Waals surface area contributed by atoms with Crippen LogP contribution in [0.3, 0.4) is 0 Å². The maximum absolute atomic E-state index is 12.4. The van der Waals surface area contributed by atoms with Crippen molar-refractivity contribution in [3.63, 3.8) is 0 Å². The van der Waals surface area contributed by atoms with Gasteiger partial charge in [0.2, 0.25) is 11.8 Å². The molecule has 0 spiro atoms. The van der Waals surface area contributed by atoms with E-state index in [4.69, 9.17) is 0 Å². The van der Waals surface area contributed by atoms with E-state index in [0.29, 0.717) is 25.6 Å². The Kier molecular flexibility index (Phi) is 7.83. The lowest BCUT2D eigenvalue weighted by atomic mass is 9.97. The summed E-state index contributed by atoms with van der Waals surface area (Å²) in [4.78, 5) is 39.6. The van der Waals surface area contributed by atoms with E-state index in [-0.39, 0.29) is 42.0 Å². The molecule has 0 aromatic carbocycles. The largest absolute Gasteiger partial charge is 0.354 e. The van der Waals surface area contributed by atoms with Gasteiger partial charge in [0.15, 0.2) is 0 Å². The summed E-state index contributed by atoms with van der Waals surface area (Å²) in [7, 11) is 0. The molecule has 3 heterocycles. The van der Waals surface area contributed by atoms with Crippen molar-refractivity contribution < 1.29 is 14.4 Å². The third-order valence-electron chi connectivity index (χ3n) is 4.98. The summed E-state index contributed by atoms with van der Waals surface area (Å²) in [6.07, 6.45) is 3.94. The topological polar surface area (TPSA) is 81.8 Å². The quantitative estimate of drug-likeness (QED) is 0.721. The van der Waals surface area contributed by atoms with Crippen LogP contribution in [0.2, 0.25) is 0 Å². The monoisotopic (exact) mass is 390 g/mol. The van der Waals surface area contributed by atoms with Gasteiger partial charge in [-0.05, 0) is 38.1 Å². The molecule has 0 aromatic rings. The molecule has 3 saturated heterocycles. The van der Waals surface area contributed by atoms with Gasteiger partial charge in [0, 0.05) is 31.9 Å². The first-order valence-corrected chi connectivity index (χ1v) is 9.82. The van der Waals surface area contributed by atoms with Crippen LogP contribution in [-0.2, 0) is 9.59 Å². The molecule has 3 rings (SSSR count). The minimum Gasteiger partial charge on any atom is -0.354 e. The highest BCUT2D eigenvalue weighted by atomic mass is 35.5. The molecular formula is C16H27ClN4O3S. The molecule has 142 valence electrons. The lowest BCUT2D eigenvalue weighted by molar-refractivity contribution is -0.133. The fraction of sp³-hybridized carbons (Fsp3) is 0.812. The molecular weight excluding hydrogens is 364 g/mol. The lowest BCUT2D eigenvalue weighted by Gasteiger charge is -2.34. The van der Waals surface area contributed by atoms with Gasteiger partial charge in [-0.3, -0.25) is 14.4 Å². The molecule has 3 aliphatic rings. The highest BCUT2D eigenvalue weighted by Crippen LogP contribution is 2.19. The number of nitrogens with one attached hydrogen (secondary N) is 2. The second-order valence-electron chi connectivity index (χ2n) is 6.78. The highest BCUT2D eigenvalue weighted by molar-refractivity contribution is 8.13. The number of hydrogen-bond donors (Lipinski definition) is 2. The molecule has 0 radical (unpaired) electrons. The number of carbonyl (C=O) groups excluding carboxylic acids is 3. The maximum atomic E-state index is 12.4. The third-order valence-corrected chi connectivity index (χ3v) is 5.88. The highest BCUT2D eigenvalue weighted by Gasteiger charge is 2.29. The van der Waals surface area contributed by atoms with Gasteiger partial charge >= 0.3 is 0 Å². The molecule has 2 unspecified atom stereocenters. The molecule has 2 atom stereocenters. The van der Waals surface area contributed by atoms with Gasteiger partial charge in [-0.25, -0.2) is 0 Å². The SMILES string of the molecule is Cl.O=C(NCC1CCCN(C(=O)CN2CCSC2=O)C1)C1CCCN1. The smallest absolute Gasteiger partial charge is 0.282 e. The van der Waals surface area contributed by atoms with Gasteiger partial charge < -0.3 is 20.4 Å².